The SMILES string of the molecule is C=Cc1ccc(C(=O)N2CCN(C(C)=O)CC2)cc1. The molecule has 0 atom stereocenters. The van der Waals surface area contributed by atoms with E-state index < -0.39 is 0 Å². The van der Waals surface area contributed by atoms with Crippen molar-refractivity contribution in [3.8, 4) is 0 Å². The van der Waals surface area contributed by atoms with Crippen LogP contribution in [0.1, 0.15) is 22.8 Å². The van der Waals surface area contributed by atoms with Crippen LogP contribution in [0.5, 0.6) is 0 Å². The second kappa shape index (κ2) is 5.69. The molecule has 1 aromatic rings. The van der Waals surface area contributed by atoms with E-state index in [4.69, 9.17) is 0 Å². The fraction of sp³-hybridized carbons (Fsp3) is 0.333. The van der Waals surface area contributed by atoms with E-state index in [1.165, 1.54) is 0 Å². The van der Waals surface area contributed by atoms with Gasteiger partial charge >= 0.3 is 0 Å². The van der Waals surface area contributed by atoms with Gasteiger partial charge in [0.2, 0.25) is 5.91 Å². The van der Waals surface area contributed by atoms with Gasteiger partial charge in [0, 0.05) is 38.7 Å². The van der Waals surface area contributed by atoms with Crippen molar-refractivity contribution >= 4 is 17.9 Å². The molecule has 0 saturated carbocycles. The van der Waals surface area contributed by atoms with E-state index in [0.717, 1.165) is 5.56 Å². The summed E-state index contributed by atoms with van der Waals surface area (Å²) >= 11 is 0. The van der Waals surface area contributed by atoms with Gasteiger partial charge < -0.3 is 9.80 Å². The van der Waals surface area contributed by atoms with Gasteiger partial charge in [-0.25, -0.2) is 0 Å². The van der Waals surface area contributed by atoms with E-state index in [-0.39, 0.29) is 11.8 Å². The minimum atomic E-state index is 0.0267. The summed E-state index contributed by atoms with van der Waals surface area (Å²) in [5.41, 5.74) is 1.68. The van der Waals surface area contributed by atoms with E-state index in [0.29, 0.717) is 31.7 Å². The monoisotopic (exact) mass is 258 g/mol. The highest BCUT2D eigenvalue weighted by atomic mass is 16.2. The van der Waals surface area contributed by atoms with Crippen LogP contribution in [-0.2, 0) is 4.79 Å². The van der Waals surface area contributed by atoms with Gasteiger partial charge in [0.1, 0.15) is 0 Å². The number of hydrogen-bond donors (Lipinski definition) is 0. The molecule has 2 amide bonds. The Balaban J connectivity index is 2.00. The van der Waals surface area contributed by atoms with Crippen LogP contribution < -0.4 is 0 Å². The van der Waals surface area contributed by atoms with E-state index in [2.05, 4.69) is 6.58 Å². The number of amides is 2. The smallest absolute Gasteiger partial charge is 0.253 e. The molecule has 0 bridgehead atoms. The van der Waals surface area contributed by atoms with Crippen LogP contribution in [0, 0.1) is 0 Å². The van der Waals surface area contributed by atoms with Gasteiger partial charge in [0.15, 0.2) is 0 Å². The summed E-state index contributed by atoms with van der Waals surface area (Å²) in [6, 6.07) is 7.39. The van der Waals surface area contributed by atoms with E-state index in [1.807, 2.05) is 24.3 Å². The van der Waals surface area contributed by atoms with Crippen LogP contribution in [0.3, 0.4) is 0 Å². The third-order valence-electron chi connectivity index (χ3n) is 3.41. The normalized spacial score (nSPS) is 15.2. The molecule has 0 unspecified atom stereocenters. The van der Waals surface area contributed by atoms with Crippen molar-refractivity contribution in [3.05, 3.63) is 42.0 Å². The van der Waals surface area contributed by atoms with Gasteiger partial charge in [-0.3, -0.25) is 9.59 Å². The van der Waals surface area contributed by atoms with Crippen molar-refractivity contribution in [3.63, 3.8) is 0 Å². The van der Waals surface area contributed by atoms with Crippen LogP contribution in [0.4, 0.5) is 0 Å². The lowest BCUT2D eigenvalue weighted by Crippen LogP contribution is -2.50. The van der Waals surface area contributed by atoms with Crippen LogP contribution in [0.25, 0.3) is 6.08 Å². The van der Waals surface area contributed by atoms with Gasteiger partial charge in [-0.2, -0.15) is 0 Å². The molecule has 100 valence electrons. The maximum absolute atomic E-state index is 12.3. The van der Waals surface area contributed by atoms with Gasteiger partial charge in [0.05, 0.1) is 0 Å². The Morgan fingerprint density at radius 3 is 2.05 bits per heavy atom. The molecule has 0 radical (unpaired) electrons. The van der Waals surface area contributed by atoms with Gasteiger partial charge in [-0.05, 0) is 17.7 Å². The van der Waals surface area contributed by atoms with Crippen LogP contribution in [0.15, 0.2) is 30.8 Å². The molecule has 1 heterocycles. The molecule has 0 spiro atoms. The summed E-state index contributed by atoms with van der Waals surface area (Å²) in [5, 5.41) is 0. The molecular formula is C15H18N2O2. The second-order valence-corrected chi connectivity index (χ2v) is 4.62. The molecule has 4 heteroatoms. The Hall–Kier alpha value is -2.10. The molecule has 2 rings (SSSR count). The Kier molecular flexibility index (Phi) is 4.00. The molecule has 19 heavy (non-hydrogen) atoms. The third-order valence-corrected chi connectivity index (χ3v) is 3.41. The van der Waals surface area contributed by atoms with Crippen molar-refractivity contribution < 1.29 is 9.59 Å². The first-order valence-corrected chi connectivity index (χ1v) is 6.39. The number of hydrogen-bond acceptors (Lipinski definition) is 2. The summed E-state index contributed by atoms with van der Waals surface area (Å²) < 4.78 is 0. The molecule has 0 aliphatic carbocycles. The van der Waals surface area contributed by atoms with Gasteiger partial charge in [-0.1, -0.05) is 24.8 Å². The number of rotatable bonds is 2. The Morgan fingerprint density at radius 1 is 1.05 bits per heavy atom. The number of benzene rings is 1. The average Bonchev–Trinajstić information content (AvgIpc) is 2.46. The highest BCUT2D eigenvalue weighted by molar-refractivity contribution is 5.94. The lowest BCUT2D eigenvalue weighted by molar-refractivity contribution is -0.130. The zero-order valence-electron chi connectivity index (χ0n) is 11.1. The standard InChI is InChI=1S/C15H18N2O2/c1-3-13-4-6-14(7-5-13)15(19)17-10-8-16(9-11-17)12(2)18/h3-7H,1,8-11H2,2H3. The molecule has 0 aromatic heterocycles. The van der Waals surface area contributed by atoms with Crippen LogP contribution >= 0.6 is 0 Å². The largest absolute Gasteiger partial charge is 0.339 e. The summed E-state index contributed by atoms with van der Waals surface area (Å²) in [6.45, 7) is 7.68. The first kappa shape index (κ1) is 13.3. The van der Waals surface area contributed by atoms with Crippen molar-refractivity contribution in [1.29, 1.82) is 0 Å². The van der Waals surface area contributed by atoms with Crippen molar-refractivity contribution in [2.24, 2.45) is 0 Å². The Morgan fingerprint density at radius 2 is 1.58 bits per heavy atom. The minimum absolute atomic E-state index is 0.0267. The zero-order chi connectivity index (χ0) is 13.8. The number of nitrogens with zero attached hydrogens (tertiary/aromatic N) is 2. The Bertz CT molecular complexity index is 485. The predicted octanol–water partition coefficient (Wildman–Crippen LogP) is 1.63. The quantitative estimate of drug-likeness (QED) is 0.809. The fourth-order valence-electron chi connectivity index (χ4n) is 2.17. The van der Waals surface area contributed by atoms with E-state index in [1.54, 1.807) is 22.8 Å². The first-order valence-electron chi connectivity index (χ1n) is 6.39. The molecular weight excluding hydrogens is 240 g/mol. The summed E-state index contributed by atoms with van der Waals surface area (Å²) in [7, 11) is 0. The maximum atomic E-state index is 12.3. The summed E-state index contributed by atoms with van der Waals surface area (Å²) in [5.74, 6) is 0.0984. The minimum Gasteiger partial charge on any atom is -0.339 e. The van der Waals surface area contributed by atoms with E-state index >= 15 is 0 Å². The molecule has 1 aliphatic heterocycles. The topological polar surface area (TPSA) is 40.6 Å². The number of piperazine rings is 1. The molecule has 1 fully saturated rings. The molecule has 1 aromatic carbocycles. The van der Waals surface area contributed by atoms with Crippen LogP contribution in [-0.4, -0.2) is 47.8 Å². The Labute approximate surface area is 113 Å². The summed E-state index contributed by atoms with van der Waals surface area (Å²) in [4.78, 5) is 27.1. The van der Waals surface area contributed by atoms with Crippen molar-refractivity contribution in [2.45, 2.75) is 6.92 Å². The second-order valence-electron chi connectivity index (χ2n) is 4.62. The summed E-state index contributed by atoms with van der Waals surface area (Å²) in [6.07, 6.45) is 1.75. The highest BCUT2D eigenvalue weighted by Crippen LogP contribution is 2.11. The van der Waals surface area contributed by atoms with Crippen molar-refractivity contribution in [1.82, 2.24) is 9.80 Å². The predicted molar refractivity (Wildman–Crippen MR) is 74.7 cm³/mol. The zero-order valence-corrected chi connectivity index (χ0v) is 11.1. The molecule has 0 N–H and O–H groups in total. The third kappa shape index (κ3) is 3.02. The highest BCUT2D eigenvalue weighted by Gasteiger charge is 2.22. The number of carbonyl (C=O) groups excluding carboxylic acids is 2. The van der Waals surface area contributed by atoms with Crippen LogP contribution in [0.2, 0.25) is 0 Å². The van der Waals surface area contributed by atoms with Crippen molar-refractivity contribution in [2.75, 3.05) is 26.2 Å². The van der Waals surface area contributed by atoms with Gasteiger partial charge in [-0.15, -0.1) is 0 Å². The van der Waals surface area contributed by atoms with E-state index in [9.17, 15) is 9.59 Å². The lowest BCUT2D eigenvalue weighted by Gasteiger charge is -2.34. The molecule has 1 saturated heterocycles. The first-order chi connectivity index (χ1) is 9.11. The lowest BCUT2D eigenvalue weighted by atomic mass is 10.1. The average molecular weight is 258 g/mol. The number of carbonyl (C=O) groups is 2. The fourth-order valence-corrected chi connectivity index (χ4v) is 2.17. The molecule has 4 nitrogen and oxygen atoms in total. The molecule has 1 aliphatic rings. The maximum Gasteiger partial charge on any atom is 0.253 e. The van der Waals surface area contributed by atoms with Gasteiger partial charge in [0.25, 0.3) is 5.91 Å².